The maximum absolute atomic E-state index is 12.7. The molecular weight excluding hydrogens is 512 g/mol. The first kappa shape index (κ1) is 22.3. The highest BCUT2D eigenvalue weighted by atomic mass is 79.9. The monoisotopic (exact) mass is 532 g/mol. The third-order valence-electron chi connectivity index (χ3n) is 4.52. The molecule has 0 aliphatic carbocycles. The Morgan fingerprint density at radius 3 is 2.50 bits per heavy atom. The molecule has 0 aromatic heterocycles. The van der Waals surface area contributed by atoms with Gasteiger partial charge >= 0.3 is 0 Å². The lowest BCUT2D eigenvalue weighted by Crippen LogP contribution is -2.39. The number of phenolic OH excluding ortho intramolecular Hbond substituents is 1. The number of halogens is 2. The van der Waals surface area contributed by atoms with Crippen molar-refractivity contribution in [1.82, 2.24) is 10.7 Å². The fourth-order valence-electron chi connectivity index (χ4n) is 2.95. The molecule has 0 aliphatic heterocycles. The standard InChI is InChI=1S/C22H22Br2N4O2/c1-25-9-8-20(27-17-7-6-15-4-2-3-5-16(15)12-17)22(30)28-26-13-14-10-18(23)21(29)19(24)11-14/h2-7,10-13,20,25,27,29H,8-9H2,1H3,(H,28,30)/b26-13-. The van der Waals surface area contributed by atoms with Crippen LogP contribution in [0.15, 0.2) is 68.6 Å². The zero-order valence-electron chi connectivity index (χ0n) is 16.3. The van der Waals surface area contributed by atoms with E-state index in [-0.39, 0.29) is 11.7 Å². The molecule has 0 heterocycles. The summed E-state index contributed by atoms with van der Waals surface area (Å²) in [6.07, 6.45) is 2.12. The summed E-state index contributed by atoms with van der Waals surface area (Å²) >= 11 is 6.56. The van der Waals surface area contributed by atoms with Gasteiger partial charge in [-0.3, -0.25) is 4.79 Å². The first-order valence-corrected chi connectivity index (χ1v) is 11.0. The van der Waals surface area contributed by atoms with E-state index < -0.39 is 6.04 Å². The van der Waals surface area contributed by atoms with Gasteiger partial charge in [0, 0.05) is 5.69 Å². The van der Waals surface area contributed by atoms with Crippen molar-refractivity contribution >= 4 is 60.4 Å². The normalized spacial score (nSPS) is 12.2. The van der Waals surface area contributed by atoms with Crippen LogP contribution >= 0.6 is 31.9 Å². The molecule has 0 saturated carbocycles. The van der Waals surface area contributed by atoms with Crippen LogP contribution in [0.4, 0.5) is 5.69 Å². The summed E-state index contributed by atoms with van der Waals surface area (Å²) in [5.41, 5.74) is 4.20. The van der Waals surface area contributed by atoms with E-state index in [2.05, 4.69) is 59.1 Å². The summed E-state index contributed by atoms with van der Waals surface area (Å²) < 4.78 is 1.07. The molecule has 0 aliphatic rings. The number of aromatic hydroxyl groups is 1. The van der Waals surface area contributed by atoms with Crippen molar-refractivity contribution in [1.29, 1.82) is 0 Å². The van der Waals surface area contributed by atoms with Crippen molar-refractivity contribution in [2.75, 3.05) is 18.9 Å². The van der Waals surface area contributed by atoms with Crippen LogP contribution in [0.1, 0.15) is 12.0 Å². The number of phenols is 1. The number of hydrogen-bond acceptors (Lipinski definition) is 5. The Morgan fingerprint density at radius 1 is 1.10 bits per heavy atom. The molecule has 1 atom stereocenters. The molecule has 3 rings (SSSR count). The molecule has 1 unspecified atom stereocenters. The Hall–Kier alpha value is -2.42. The van der Waals surface area contributed by atoms with Crippen LogP contribution in [-0.4, -0.2) is 36.9 Å². The zero-order valence-corrected chi connectivity index (χ0v) is 19.5. The van der Waals surface area contributed by atoms with E-state index in [0.29, 0.717) is 21.9 Å². The maximum Gasteiger partial charge on any atom is 0.262 e. The summed E-state index contributed by atoms with van der Waals surface area (Å²) in [7, 11) is 1.85. The Labute approximate surface area is 192 Å². The van der Waals surface area contributed by atoms with Gasteiger partial charge in [0.25, 0.3) is 5.91 Å². The van der Waals surface area contributed by atoms with Crippen molar-refractivity contribution in [3.8, 4) is 5.75 Å². The first-order valence-electron chi connectivity index (χ1n) is 9.39. The quantitative estimate of drug-likeness (QED) is 0.251. The number of hydrazone groups is 1. The number of rotatable bonds is 8. The number of carbonyl (C=O) groups excluding carboxylic acids is 1. The van der Waals surface area contributed by atoms with Gasteiger partial charge in [0.05, 0.1) is 15.2 Å². The van der Waals surface area contributed by atoms with Crippen molar-refractivity contribution in [3.05, 3.63) is 69.1 Å². The fourth-order valence-corrected chi connectivity index (χ4v) is 4.17. The summed E-state index contributed by atoms with van der Waals surface area (Å²) in [6.45, 7) is 0.681. The molecule has 0 fully saturated rings. The number of amides is 1. The smallest absolute Gasteiger partial charge is 0.262 e. The highest BCUT2D eigenvalue weighted by Gasteiger charge is 2.17. The van der Waals surface area contributed by atoms with Gasteiger partial charge < -0.3 is 15.7 Å². The predicted molar refractivity (Wildman–Crippen MR) is 129 cm³/mol. The summed E-state index contributed by atoms with van der Waals surface area (Å²) in [6, 6.07) is 17.1. The molecule has 1 amide bonds. The number of fused-ring (bicyclic) bond motifs is 1. The Balaban J connectivity index is 1.70. The third-order valence-corrected chi connectivity index (χ3v) is 5.73. The fraction of sp³-hybridized carbons (Fsp3) is 0.182. The van der Waals surface area contributed by atoms with E-state index in [1.807, 2.05) is 43.4 Å². The Bertz CT molecular complexity index is 1050. The van der Waals surface area contributed by atoms with Gasteiger partial charge in [-0.1, -0.05) is 30.3 Å². The average molecular weight is 534 g/mol. The number of carbonyl (C=O) groups is 1. The maximum atomic E-state index is 12.7. The van der Waals surface area contributed by atoms with Gasteiger partial charge in [0.1, 0.15) is 11.8 Å². The van der Waals surface area contributed by atoms with E-state index in [1.165, 1.54) is 6.21 Å². The molecule has 0 bridgehead atoms. The SMILES string of the molecule is CNCCC(Nc1ccc2ccccc2c1)C(=O)N/N=C\c1cc(Br)c(O)c(Br)c1. The zero-order chi connectivity index (χ0) is 21.5. The van der Waals surface area contributed by atoms with Crippen LogP contribution in [0.25, 0.3) is 10.8 Å². The topological polar surface area (TPSA) is 85.8 Å². The molecule has 3 aromatic carbocycles. The van der Waals surface area contributed by atoms with Crippen molar-refractivity contribution in [2.24, 2.45) is 5.10 Å². The number of nitrogens with zero attached hydrogens (tertiary/aromatic N) is 1. The molecule has 0 saturated heterocycles. The van der Waals surface area contributed by atoms with Crippen LogP contribution in [-0.2, 0) is 4.79 Å². The van der Waals surface area contributed by atoms with Crippen LogP contribution < -0.4 is 16.1 Å². The lowest BCUT2D eigenvalue weighted by molar-refractivity contribution is -0.121. The molecule has 4 N–H and O–H groups in total. The van der Waals surface area contributed by atoms with Gasteiger partial charge in [0.15, 0.2) is 0 Å². The van der Waals surface area contributed by atoms with Crippen LogP contribution in [0.3, 0.4) is 0 Å². The van der Waals surface area contributed by atoms with Crippen LogP contribution in [0, 0.1) is 0 Å². The van der Waals surface area contributed by atoms with Crippen molar-refractivity contribution in [2.45, 2.75) is 12.5 Å². The van der Waals surface area contributed by atoms with Crippen molar-refractivity contribution < 1.29 is 9.90 Å². The number of nitrogens with one attached hydrogen (secondary N) is 3. The molecule has 6 nitrogen and oxygen atoms in total. The van der Waals surface area contributed by atoms with Crippen LogP contribution in [0.2, 0.25) is 0 Å². The van der Waals surface area contributed by atoms with Crippen LogP contribution in [0.5, 0.6) is 5.75 Å². The molecule has 156 valence electrons. The van der Waals surface area contributed by atoms with E-state index in [4.69, 9.17) is 0 Å². The molecule has 0 radical (unpaired) electrons. The second-order valence-electron chi connectivity index (χ2n) is 6.72. The second-order valence-corrected chi connectivity index (χ2v) is 8.43. The minimum atomic E-state index is -0.450. The minimum absolute atomic E-state index is 0.114. The average Bonchev–Trinajstić information content (AvgIpc) is 2.74. The minimum Gasteiger partial charge on any atom is -0.506 e. The summed E-state index contributed by atoms with van der Waals surface area (Å²) in [5, 5.41) is 22.5. The number of hydrogen-bond donors (Lipinski definition) is 4. The highest BCUT2D eigenvalue weighted by Crippen LogP contribution is 2.32. The predicted octanol–water partition coefficient (Wildman–Crippen LogP) is 4.61. The van der Waals surface area contributed by atoms with Crippen molar-refractivity contribution in [3.63, 3.8) is 0 Å². The number of benzene rings is 3. The summed E-state index contributed by atoms with van der Waals surface area (Å²) in [5.74, 6) is -0.116. The van der Waals surface area contributed by atoms with E-state index in [0.717, 1.165) is 22.0 Å². The molecule has 3 aromatic rings. The van der Waals surface area contributed by atoms with E-state index >= 15 is 0 Å². The van der Waals surface area contributed by atoms with E-state index in [1.54, 1.807) is 12.1 Å². The Kier molecular flexibility index (Phi) is 7.84. The van der Waals surface area contributed by atoms with Gasteiger partial charge in [0.2, 0.25) is 0 Å². The molecule has 8 heteroatoms. The van der Waals surface area contributed by atoms with Gasteiger partial charge in [-0.25, -0.2) is 5.43 Å². The van der Waals surface area contributed by atoms with E-state index in [9.17, 15) is 9.90 Å². The Morgan fingerprint density at radius 2 is 1.80 bits per heavy atom. The van der Waals surface area contributed by atoms with Gasteiger partial charge in [-0.2, -0.15) is 5.10 Å². The van der Waals surface area contributed by atoms with Gasteiger partial charge in [-0.15, -0.1) is 0 Å². The third kappa shape index (κ3) is 5.81. The second kappa shape index (κ2) is 10.6. The largest absolute Gasteiger partial charge is 0.506 e. The molecular formula is C22H22Br2N4O2. The lowest BCUT2D eigenvalue weighted by Gasteiger charge is -2.18. The molecule has 30 heavy (non-hydrogen) atoms. The lowest BCUT2D eigenvalue weighted by atomic mass is 10.1. The number of anilines is 1. The van der Waals surface area contributed by atoms with Gasteiger partial charge in [-0.05, 0) is 92.5 Å². The highest BCUT2D eigenvalue weighted by molar-refractivity contribution is 9.11. The first-order chi connectivity index (χ1) is 14.5. The summed E-state index contributed by atoms with van der Waals surface area (Å²) in [4.78, 5) is 12.7. The molecule has 0 spiro atoms.